The van der Waals surface area contributed by atoms with Gasteiger partial charge in [0.15, 0.2) is 0 Å². The highest BCUT2D eigenvalue weighted by Crippen LogP contribution is 2.19. The van der Waals surface area contributed by atoms with Gasteiger partial charge in [0.2, 0.25) is 5.91 Å². The zero-order valence-corrected chi connectivity index (χ0v) is 13.8. The number of aromatic nitrogens is 1. The molecular weight excluding hydrogens is 300 g/mol. The zero-order valence-electron chi connectivity index (χ0n) is 13.8. The Labute approximate surface area is 141 Å². The molecule has 3 rings (SSSR count). The molecule has 4 heteroatoms. The van der Waals surface area contributed by atoms with Crippen LogP contribution in [0.2, 0.25) is 0 Å². The van der Waals surface area contributed by atoms with Gasteiger partial charge in [-0.1, -0.05) is 36.4 Å². The molecule has 0 unspecified atom stereocenters. The van der Waals surface area contributed by atoms with E-state index in [1.54, 1.807) is 7.11 Å². The van der Waals surface area contributed by atoms with E-state index in [0.717, 1.165) is 29.7 Å². The maximum Gasteiger partial charge on any atom is 0.220 e. The first-order valence-corrected chi connectivity index (χ1v) is 8.21. The second-order valence-electron chi connectivity index (χ2n) is 5.77. The lowest BCUT2D eigenvalue weighted by molar-refractivity contribution is -0.121. The lowest BCUT2D eigenvalue weighted by atomic mass is 10.1. The fraction of sp³-hybridized carbons (Fsp3) is 0.250. The van der Waals surface area contributed by atoms with E-state index < -0.39 is 0 Å². The van der Waals surface area contributed by atoms with Crippen molar-refractivity contribution in [3.05, 3.63) is 65.9 Å². The van der Waals surface area contributed by atoms with Crippen molar-refractivity contribution in [3.63, 3.8) is 0 Å². The van der Waals surface area contributed by atoms with Crippen molar-refractivity contribution in [2.75, 3.05) is 13.7 Å². The first-order chi connectivity index (χ1) is 11.8. The number of amides is 1. The Hall–Kier alpha value is -2.75. The molecule has 3 aromatic rings. The number of H-pyrrole nitrogens is 1. The van der Waals surface area contributed by atoms with Crippen molar-refractivity contribution >= 4 is 16.8 Å². The summed E-state index contributed by atoms with van der Waals surface area (Å²) in [5.41, 5.74) is 3.41. The molecule has 0 spiro atoms. The lowest BCUT2D eigenvalue weighted by Crippen LogP contribution is -2.25. The minimum absolute atomic E-state index is 0.0789. The number of carbonyl (C=O) groups is 1. The third kappa shape index (κ3) is 3.77. The predicted molar refractivity (Wildman–Crippen MR) is 96.3 cm³/mol. The normalized spacial score (nSPS) is 10.7. The summed E-state index contributed by atoms with van der Waals surface area (Å²) in [6, 6.07) is 16.1. The van der Waals surface area contributed by atoms with E-state index in [9.17, 15) is 4.79 Å². The number of hydrogen-bond acceptors (Lipinski definition) is 2. The van der Waals surface area contributed by atoms with Crippen molar-refractivity contribution in [2.45, 2.75) is 19.3 Å². The van der Waals surface area contributed by atoms with Crippen molar-refractivity contribution < 1.29 is 9.53 Å². The molecule has 1 heterocycles. The van der Waals surface area contributed by atoms with Crippen LogP contribution >= 0.6 is 0 Å². The molecule has 0 radical (unpaired) electrons. The van der Waals surface area contributed by atoms with E-state index in [4.69, 9.17) is 4.74 Å². The number of aromatic amines is 1. The number of rotatable bonds is 7. The van der Waals surface area contributed by atoms with Gasteiger partial charge in [0.1, 0.15) is 5.75 Å². The third-order valence-corrected chi connectivity index (χ3v) is 4.21. The fourth-order valence-corrected chi connectivity index (χ4v) is 2.92. The molecule has 2 aromatic carbocycles. The first-order valence-electron chi connectivity index (χ1n) is 8.21. The molecule has 1 amide bonds. The molecule has 4 nitrogen and oxygen atoms in total. The summed E-state index contributed by atoms with van der Waals surface area (Å²) < 4.78 is 5.32. The SMILES string of the molecule is COc1ccccc1CCNC(=O)CCc1c[nH]c2ccccc12. The monoisotopic (exact) mass is 322 g/mol. The minimum atomic E-state index is 0.0789. The van der Waals surface area contributed by atoms with E-state index in [1.807, 2.05) is 48.7 Å². The molecule has 0 aliphatic carbocycles. The number of aryl methyl sites for hydroxylation is 1. The van der Waals surface area contributed by atoms with Crippen LogP contribution in [-0.2, 0) is 17.6 Å². The number of methoxy groups -OCH3 is 1. The van der Waals surface area contributed by atoms with E-state index in [2.05, 4.69) is 16.4 Å². The number of nitrogens with one attached hydrogen (secondary N) is 2. The largest absolute Gasteiger partial charge is 0.496 e. The lowest BCUT2D eigenvalue weighted by Gasteiger charge is -2.09. The summed E-state index contributed by atoms with van der Waals surface area (Å²) in [4.78, 5) is 15.3. The summed E-state index contributed by atoms with van der Waals surface area (Å²) in [5, 5.41) is 4.18. The Bertz CT molecular complexity index is 823. The van der Waals surface area contributed by atoms with Gasteiger partial charge in [-0.25, -0.2) is 0 Å². The predicted octanol–water partition coefficient (Wildman–Crippen LogP) is 3.47. The fourth-order valence-electron chi connectivity index (χ4n) is 2.92. The van der Waals surface area contributed by atoms with Crippen LogP contribution in [0.25, 0.3) is 10.9 Å². The molecule has 24 heavy (non-hydrogen) atoms. The van der Waals surface area contributed by atoms with E-state index >= 15 is 0 Å². The number of fused-ring (bicyclic) bond motifs is 1. The smallest absolute Gasteiger partial charge is 0.220 e. The first kappa shape index (κ1) is 16.1. The van der Waals surface area contributed by atoms with Crippen molar-refractivity contribution in [3.8, 4) is 5.75 Å². The maximum absolute atomic E-state index is 12.1. The summed E-state index contributed by atoms with van der Waals surface area (Å²) in [7, 11) is 1.67. The number of benzene rings is 2. The highest BCUT2D eigenvalue weighted by Gasteiger charge is 2.07. The van der Waals surface area contributed by atoms with Gasteiger partial charge in [0.25, 0.3) is 0 Å². The van der Waals surface area contributed by atoms with Gasteiger partial charge in [-0.3, -0.25) is 4.79 Å². The molecule has 0 aliphatic heterocycles. The third-order valence-electron chi connectivity index (χ3n) is 4.21. The van der Waals surface area contributed by atoms with Gasteiger partial charge in [-0.05, 0) is 36.1 Å². The Morgan fingerprint density at radius 2 is 1.83 bits per heavy atom. The summed E-state index contributed by atoms with van der Waals surface area (Å²) in [6.45, 7) is 0.618. The topological polar surface area (TPSA) is 54.1 Å². The Kier molecular flexibility index (Phi) is 5.16. The molecule has 1 aromatic heterocycles. The van der Waals surface area contributed by atoms with Crippen molar-refractivity contribution in [1.29, 1.82) is 0 Å². The Balaban J connectivity index is 1.48. The van der Waals surface area contributed by atoms with Gasteiger partial charge in [0.05, 0.1) is 7.11 Å². The Morgan fingerprint density at radius 1 is 1.04 bits per heavy atom. The van der Waals surface area contributed by atoms with Gasteiger partial charge < -0.3 is 15.0 Å². The second-order valence-corrected chi connectivity index (χ2v) is 5.77. The molecule has 0 atom stereocenters. The van der Waals surface area contributed by atoms with Crippen LogP contribution in [-0.4, -0.2) is 24.5 Å². The standard InChI is InChI=1S/C20H22N2O2/c1-24-19-9-5-2-6-15(19)12-13-21-20(23)11-10-16-14-22-18-8-4-3-7-17(16)18/h2-9,14,22H,10-13H2,1H3,(H,21,23). The maximum atomic E-state index is 12.1. The molecule has 2 N–H and O–H groups in total. The van der Waals surface area contributed by atoms with Crippen molar-refractivity contribution in [1.82, 2.24) is 10.3 Å². The average molecular weight is 322 g/mol. The molecular formula is C20H22N2O2. The molecule has 124 valence electrons. The summed E-state index contributed by atoms with van der Waals surface area (Å²) in [5.74, 6) is 0.945. The average Bonchev–Trinajstić information content (AvgIpc) is 3.03. The Morgan fingerprint density at radius 3 is 2.71 bits per heavy atom. The van der Waals surface area contributed by atoms with Gasteiger partial charge in [-0.2, -0.15) is 0 Å². The van der Waals surface area contributed by atoms with Crippen LogP contribution in [0.15, 0.2) is 54.7 Å². The van der Waals surface area contributed by atoms with Crippen molar-refractivity contribution in [2.24, 2.45) is 0 Å². The molecule has 0 saturated heterocycles. The minimum Gasteiger partial charge on any atom is -0.496 e. The quantitative estimate of drug-likeness (QED) is 0.700. The number of carbonyl (C=O) groups excluding carboxylic acids is 1. The highest BCUT2D eigenvalue weighted by molar-refractivity contribution is 5.84. The molecule has 0 fully saturated rings. The van der Waals surface area contributed by atoms with E-state index in [1.165, 1.54) is 10.9 Å². The van der Waals surface area contributed by atoms with Crippen LogP contribution < -0.4 is 10.1 Å². The molecule has 0 saturated carbocycles. The van der Waals surface area contributed by atoms with Crippen LogP contribution in [0.3, 0.4) is 0 Å². The van der Waals surface area contributed by atoms with Gasteiger partial charge in [-0.15, -0.1) is 0 Å². The summed E-state index contributed by atoms with van der Waals surface area (Å²) in [6.07, 6.45) is 3.99. The van der Waals surface area contributed by atoms with Crippen LogP contribution in [0.1, 0.15) is 17.5 Å². The number of para-hydroxylation sites is 2. The van der Waals surface area contributed by atoms with Gasteiger partial charge in [0, 0.05) is 30.1 Å². The van der Waals surface area contributed by atoms with E-state index in [0.29, 0.717) is 13.0 Å². The zero-order chi connectivity index (χ0) is 16.8. The number of ether oxygens (including phenoxy) is 1. The second kappa shape index (κ2) is 7.68. The van der Waals surface area contributed by atoms with Crippen LogP contribution in [0, 0.1) is 0 Å². The highest BCUT2D eigenvalue weighted by atomic mass is 16.5. The molecule has 0 bridgehead atoms. The van der Waals surface area contributed by atoms with Gasteiger partial charge >= 0.3 is 0 Å². The van der Waals surface area contributed by atoms with E-state index in [-0.39, 0.29) is 5.91 Å². The van der Waals surface area contributed by atoms with Crippen LogP contribution in [0.5, 0.6) is 5.75 Å². The summed E-state index contributed by atoms with van der Waals surface area (Å²) >= 11 is 0. The number of hydrogen-bond donors (Lipinski definition) is 2. The van der Waals surface area contributed by atoms with Crippen LogP contribution in [0.4, 0.5) is 0 Å². The molecule has 0 aliphatic rings.